The van der Waals surface area contributed by atoms with Crippen molar-refractivity contribution in [2.45, 2.75) is 13.0 Å². The predicted octanol–water partition coefficient (Wildman–Crippen LogP) is 3.15. The first-order chi connectivity index (χ1) is 8.24. The van der Waals surface area contributed by atoms with Gasteiger partial charge in [-0.05, 0) is 30.5 Å². The Morgan fingerprint density at radius 3 is 2.88 bits per heavy atom. The van der Waals surface area contributed by atoms with Crippen molar-refractivity contribution < 1.29 is 4.79 Å². The number of pyridine rings is 1. The number of anilines is 1. The molecule has 0 bridgehead atoms. The maximum Gasteiger partial charge on any atom is 0.153 e. The molecule has 0 radical (unpaired) electrons. The quantitative estimate of drug-likeness (QED) is 0.777. The highest BCUT2D eigenvalue weighted by Gasteiger charge is 2.16. The van der Waals surface area contributed by atoms with Crippen LogP contribution in [-0.4, -0.2) is 18.3 Å². The van der Waals surface area contributed by atoms with Crippen LogP contribution in [0.4, 0.5) is 5.82 Å². The molecule has 0 fully saturated rings. The third-order valence-electron chi connectivity index (χ3n) is 2.81. The van der Waals surface area contributed by atoms with Gasteiger partial charge in [0.25, 0.3) is 0 Å². The molecular formula is C13H14N2OS. The fraction of sp³-hybridized carbons (Fsp3) is 0.231. The first kappa shape index (κ1) is 11.8. The van der Waals surface area contributed by atoms with Crippen molar-refractivity contribution in [1.29, 1.82) is 0 Å². The highest BCUT2D eigenvalue weighted by molar-refractivity contribution is 7.10. The summed E-state index contributed by atoms with van der Waals surface area (Å²) in [4.78, 5) is 18.5. The molecule has 0 saturated heterocycles. The van der Waals surface area contributed by atoms with E-state index in [1.165, 1.54) is 4.88 Å². The standard InChI is InChI=1S/C13H14N2OS/c1-10(12-6-4-8-17-12)15(2)13-11(9-16)5-3-7-14-13/h3-10H,1-2H3. The average molecular weight is 246 g/mol. The Bertz CT molecular complexity index is 496. The van der Waals surface area contributed by atoms with Crippen LogP contribution >= 0.6 is 11.3 Å². The summed E-state index contributed by atoms with van der Waals surface area (Å²) in [7, 11) is 1.96. The lowest BCUT2D eigenvalue weighted by Crippen LogP contribution is -2.23. The van der Waals surface area contributed by atoms with E-state index in [-0.39, 0.29) is 6.04 Å². The number of hydrogen-bond donors (Lipinski definition) is 0. The lowest BCUT2D eigenvalue weighted by Gasteiger charge is -2.26. The van der Waals surface area contributed by atoms with Gasteiger partial charge < -0.3 is 4.90 Å². The van der Waals surface area contributed by atoms with Crippen molar-refractivity contribution in [2.75, 3.05) is 11.9 Å². The van der Waals surface area contributed by atoms with Gasteiger partial charge in [0, 0.05) is 18.1 Å². The Balaban J connectivity index is 2.30. The lowest BCUT2D eigenvalue weighted by molar-refractivity contribution is 0.112. The van der Waals surface area contributed by atoms with Crippen molar-refractivity contribution in [2.24, 2.45) is 0 Å². The van der Waals surface area contributed by atoms with Crippen LogP contribution in [0.15, 0.2) is 35.8 Å². The minimum atomic E-state index is 0.212. The van der Waals surface area contributed by atoms with Crippen LogP contribution < -0.4 is 4.90 Å². The van der Waals surface area contributed by atoms with Gasteiger partial charge in [-0.25, -0.2) is 4.98 Å². The zero-order valence-electron chi connectivity index (χ0n) is 9.83. The van der Waals surface area contributed by atoms with Crippen LogP contribution in [0.3, 0.4) is 0 Å². The van der Waals surface area contributed by atoms with Crippen LogP contribution in [0.5, 0.6) is 0 Å². The molecule has 88 valence electrons. The lowest BCUT2D eigenvalue weighted by atomic mass is 10.2. The van der Waals surface area contributed by atoms with Gasteiger partial charge in [0.2, 0.25) is 0 Å². The number of aromatic nitrogens is 1. The molecule has 0 N–H and O–H groups in total. The summed E-state index contributed by atoms with van der Waals surface area (Å²) in [6.07, 6.45) is 2.56. The van der Waals surface area contributed by atoms with E-state index in [1.807, 2.05) is 18.0 Å². The molecule has 3 nitrogen and oxygen atoms in total. The number of rotatable bonds is 4. The van der Waals surface area contributed by atoms with E-state index >= 15 is 0 Å². The van der Waals surface area contributed by atoms with Crippen LogP contribution in [-0.2, 0) is 0 Å². The minimum absolute atomic E-state index is 0.212. The maximum absolute atomic E-state index is 11.0. The Labute approximate surface area is 105 Å². The summed E-state index contributed by atoms with van der Waals surface area (Å²) in [5.74, 6) is 0.725. The fourth-order valence-electron chi connectivity index (χ4n) is 1.70. The highest BCUT2D eigenvalue weighted by Crippen LogP contribution is 2.28. The number of thiophene rings is 1. The van der Waals surface area contributed by atoms with E-state index in [9.17, 15) is 4.79 Å². The molecule has 17 heavy (non-hydrogen) atoms. The molecule has 2 rings (SSSR count). The van der Waals surface area contributed by atoms with Gasteiger partial charge in [-0.1, -0.05) is 6.07 Å². The molecule has 0 aromatic carbocycles. The zero-order valence-corrected chi connectivity index (χ0v) is 10.6. The summed E-state index contributed by atoms with van der Waals surface area (Å²) >= 11 is 1.71. The van der Waals surface area contributed by atoms with Gasteiger partial charge in [0.1, 0.15) is 5.82 Å². The van der Waals surface area contributed by atoms with Crippen molar-refractivity contribution >= 4 is 23.4 Å². The molecule has 0 spiro atoms. The number of nitrogens with zero attached hydrogens (tertiary/aromatic N) is 2. The molecule has 0 aliphatic heterocycles. The summed E-state index contributed by atoms with van der Waals surface area (Å²) in [5, 5.41) is 2.05. The summed E-state index contributed by atoms with van der Waals surface area (Å²) in [6, 6.07) is 7.89. The molecule has 0 aliphatic carbocycles. The first-order valence-electron chi connectivity index (χ1n) is 5.40. The normalized spacial score (nSPS) is 12.1. The van der Waals surface area contributed by atoms with E-state index < -0.39 is 0 Å². The molecule has 2 heterocycles. The SMILES string of the molecule is CC(c1cccs1)N(C)c1ncccc1C=O. The highest BCUT2D eigenvalue weighted by atomic mass is 32.1. The van der Waals surface area contributed by atoms with Crippen LogP contribution in [0.25, 0.3) is 0 Å². The Kier molecular flexibility index (Phi) is 3.54. The van der Waals surface area contributed by atoms with Crippen LogP contribution in [0.2, 0.25) is 0 Å². The summed E-state index contributed by atoms with van der Waals surface area (Å²) in [6.45, 7) is 2.11. The second-order valence-electron chi connectivity index (χ2n) is 3.84. The number of aldehydes is 1. The Morgan fingerprint density at radius 2 is 2.24 bits per heavy atom. The predicted molar refractivity (Wildman–Crippen MR) is 70.8 cm³/mol. The van der Waals surface area contributed by atoms with Gasteiger partial charge in [-0.2, -0.15) is 0 Å². The van der Waals surface area contributed by atoms with Gasteiger partial charge in [-0.3, -0.25) is 4.79 Å². The molecular weight excluding hydrogens is 232 g/mol. The van der Waals surface area contributed by atoms with E-state index in [2.05, 4.69) is 23.4 Å². The van der Waals surface area contributed by atoms with Crippen LogP contribution in [0, 0.1) is 0 Å². The molecule has 1 unspecified atom stereocenters. The number of carbonyl (C=O) groups excluding carboxylic acids is 1. The second-order valence-corrected chi connectivity index (χ2v) is 4.82. The third kappa shape index (κ3) is 2.36. The second kappa shape index (κ2) is 5.10. The van der Waals surface area contributed by atoms with Gasteiger partial charge in [0.15, 0.2) is 6.29 Å². The topological polar surface area (TPSA) is 33.2 Å². The van der Waals surface area contributed by atoms with Crippen molar-refractivity contribution in [3.63, 3.8) is 0 Å². The van der Waals surface area contributed by atoms with E-state index in [0.717, 1.165) is 12.1 Å². The van der Waals surface area contributed by atoms with Crippen molar-refractivity contribution in [3.05, 3.63) is 46.3 Å². The average Bonchev–Trinajstić information content (AvgIpc) is 2.90. The molecule has 1 atom stereocenters. The minimum Gasteiger partial charge on any atom is -0.352 e. The zero-order chi connectivity index (χ0) is 12.3. The number of carbonyl (C=O) groups is 1. The molecule has 0 amide bonds. The molecule has 2 aromatic rings. The number of hydrogen-bond acceptors (Lipinski definition) is 4. The Hall–Kier alpha value is -1.68. The third-order valence-corrected chi connectivity index (χ3v) is 3.86. The van der Waals surface area contributed by atoms with E-state index in [0.29, 0.717) is 5.56 Å². The first-order valence-corrected chi connectivity index (χ1v) is 6.28. The van der Waals surface area contributed by atoms with E-state index in [4.69, 9.17) is 0 Å². The molecule has 0 aliphatic rings. The van der Waals surface area contributed by atoms with Gasteiger partial charge in [-0.15, -0.1) is 11.3 Å². The van der Waals surface area contributed by atoms with Crippen molar-refractivity contribution in [1.82, 2.24) is 4.98 Å². The summed E-state index contributed by atoms with van der Waals surface area (Å²) < 4.78 is 0. The molecule has 2 aromatic heterocycles. The largest absolute Gasteiger partial charge is 0.352 e. The molecule has 4 heteroatoms. The van der Waals surface area contributed by atoms with Gasteiger partial charge >= 0.3 is 0 Å². The summed E-state index contributed by atoms with van der Waals surface area (Å²) in [5.41, 5.74) is 0.624. The monoisotopic (exact) mass is 246 g/mol. The molecule has 0 saturated carbocycles. The maximum atomic E-state index is 11.0. The fourth-order valence-corrected chi connectivity index (χ4v) is 2.53. The van der Waals surface area contributed by atoms with Crippen LogP contribution in [0.1, 0.15) is 28.2 Å². The van der Waals surface area contributed by atoms with Gasteiger partial charge in [0.05, 0.1) is 11.6 Å². The van der Waals surface area contributed by atoms with Crippen molar-refractivity contribution in [3.8, 4) is 0 Å². The van der Waals surface area contributed by atoms with E-state index in [1.54, 1.807) is 29.7 Å². The Morgan fingerprint density at radius 1 is 1.41 bits per heavy atom. The smallest absolute Gasteiger partial charge is 0.153 e.